The van der Waals surface area contributed by atoms with Crippen LogP contribution in [0.5, 0.6) is 0 Å². The zero-order chi connectivity index (χ0) is 13.6. The van der Waals surface area contributed by atoms with E-state index in [9.17, 15) is 9.90 Å². The molecule has 0 spiro atoms. The van der Waals surface area contributed by atoms with Gasteiger partial charge >= 0.3 is 5.97 Å². The maximum Gasteiger partial charge on any atom is 0.326 e. The second-order valence-electron chi connectivity index (χ2n) is 4.11. The van der Waals surface area contributed by atoms with Crippen molar-refractivity contribution in [2.45, 2.75) is 25.0 Å². The highest BCUT2D eigenvalue weighted by atomic mass is 16.5. The van der Waals surface area contributed by atoms with Gasteiger partial charge in [-0.3, -0.25) is 4.79 Å². The number of ether oxygens (including phenoxy) is 1. The molecule has 2 unspecified atom stereocenters. The van der Waals surface area contributed by atoms with Gasteiger partial charge in [0.2, 0.25) is 0 Å². The van der Waals surface area contributed by atoms with Crippen molar-refractivity contribution < 1.29 is 14.6 Å². The zero-order valence-electron chi connectivity index (χ0n) is 10.5. The van der Waals surface area contributed by atoms with E-state index in [1.807, 2.05) is 30.3 Å². The van der Waals surface area contributed by atoms with Gasteiger partial charge in [-0.1, -0.05) is 43.3 Å². The molecule has 1 rings (SSSR count). The van der Waals surface area contributed by atoms with Crippen molar-refractivity contribution in [1.29, 1.82) is 0 Å². The molecule has 0 aliphatic rings. The van der Waals surface area contributed by atoms with E-state index in [-0.39, 0.29) is 13.0 Å². The van der Waals surface area contributed by atoms with Crippen LogP contribution in [0.4, 0.5) is 0 Å². The fourth-order valence-corrected chi connectivity index (χ4v) is 1.78. The van der Waals surface area contributed by atoms with Gasteiger partial charge in [0.1, 0.15) is 11.6 Å². The summed E-state index contributed by atoms with van der Waals surface area (Å²) in [6.45, 7) is 5.56. The lowest BCUT2D eigenvalue weighted by atomic mass is 9.86. The number of benzene rings is 1. The number of rotatable bonds is 7. The summed E-state index contributed by atoms with van der Waals surface area (Å²) >= 11 is 0. The zero-order valence-corrected chi connectivity index (χ0v) is 10.5. The summed E-state index contributed by atoms with van der Waals surface area (Å²) in [6, 6.07) is 9.15. The van der Waals surface area contributed by atoms with Crippen LogP contribution in [0, 0.1) is 0 Å². The molecular formula is C14H19NO3. The maximum absolute atomic E-state index is 11.4. The van der Waals surface area contributed by atoms with Crippen molar-refractivity contribution in [1.82, 2.24) is 0 Å². The predicted octanol–water partition coefficient (Wildman–Crippen LogP) is 2.12. The molecule has 18 heavy (non-hydrogen) atoms. The van der Waals surface area contributed by atoms with Gasteiger partial charge in [0.05, 0.1) is 6.61 Å². The first-order valence-electron chi connectivity index (χ1n) is 5.86. The van der Waals surface area contributed by atoms with Crippen molar-refractivity contribution in [3.63, 3.8) is 0 Å². The van der Waals surface area contributed by atoms with Crippen LogP contribution in [0.15, 0.2) is 43.0 Å². The molecule has 2 atom stereocenters. The van der Waals surface area contributed by atoms with E-state index >= 15 is 0 Å². The second-order valence-corrected chi connectivity index (χ2v) is 4.11. The Balaban J connectivity index is 3.12. The molecule has 4 heteroatoms. The van der Waals surface area contributed by atoms with Gasteiger partial charge in [-0.15, -0.1) is 6.58 Å². The van der Waals surface area contributed by atoms with E-state index in [0.717, 1.165) is 5.56 Å². The highest BCUT2D eigenvalue weighted by molar-refractivity contribution is 5.79. The third kappa shape index (κ3) is 2.97. The van der Waals surface area contributed by atoms with Crippen LogP contribution in [-0.2, 0) is 9.53 Å². The number of aliphatic carboxylic acids is 1. The van der Waals surface area contributed by atoms with Crippen LogP contribution >= 0.6 is 0 Å². The molecular weight excluding hydrogens is 230 g/mol. The Labute approximate surface area is 107 Å². The molecule has 0 fully saturated rings. The lowest BCUT2D eigenvalue weighted by Gasteiger charge is -2.32. The summed E-state index contributed by atoms with van der Waals surface area (Å²) in [5, 5.41) is 9.33. The molecule has 4 nitrogen and oxygen atoms in total. The summed E-state index contributed by atoms with van der Waals surface area (Å²) in [6.07, 6.45) is 1.16. The summed E-state index contributed by atoms with van der Waals surface area (Å²) in [7, 11) is 0. The topological polar surface area (TPSA) is 72.5 Å². The second kappa shape index (κ2) is 6.33. The number of carboxylic acid groups (broad SMARTS) is 1. The average Bonchev–Trinajstić information content (AvgIpc) is 2.39. The van der Waals surface area contributed by atoms with Crippen molar-refractivity contribution in [3.05, 3.63) is 48.6 Å². The van der Waals surface area contributed by atoms with Crippen molar-refractivity contribution >= 4 is 5.97 Å². The van der Waals surface area contributed by atoms with Crippen LogP contribution < -0.4 is 5.73 Å². The molecule has 0 saturated carbocycles. The van der Waals surface area contributed by atoms with Crippen LogP contribution in [0.2, 0.25) is 0 Å². The number of hydrogen-bond donors (Lipinski definition) is 2. The Hall–Kier alpha value is -1.65. The minimum absolute atomic E-state index is 0.256. The maximum atomic E-state index is 11.4. The van der Waals surface area contributed by atoms with Gasteiger partial charge < -0.3 is 15.6 Å². The van der Waals surface area contributed by atoms with E-state index in [4.69, 9.17) is 10.5 Å². The van der Waals surface area contributed by atoms with Gasteiger partial charge in [-0.05, 0) is 12.0 Å². The largest absolute Gasteiger partial charge is 0.480 e. The number of carboxylic acids is 1. The summed E-state index contributed by atoms with van der Waals surface area (Å²) < 4.78 is 5.57. The van der Waals surface area contributed by atoms with Crippen LogP contribution in [0.1, 0.15) is 25.0 Å². The molecule has 0 aromatic heterocycles. The molecule has 0 heterocycles. The van der Waals surface area contributed by atoms with Crippen molar-refractivity contribution in [3.8, 4) is 0 Å². The van der Waals surface area contributed by atoms with Crippen LogP contribution in [0.25, 0.3) is 0 Å². The Morgan fingerprint density at radius 2 is 2.17 bits per heavy atom. The Kier molecular flexibility index (Phi) is 5.07. The fraction of sp³-hybridized carbons (Fsp3) is 0.357. The number of hydrogen-bond acceptors (Lipinski definition) is 3. The van der Waals surface area contributed by atoms with Crippen molar-refractivity contribution in [2.24, 2.45) is 5.73 Å². The summed E-state index contributed by atoms with van der Waals surface area (Å²) in [4.78, 5) is 11.4. The molecule has 0 amide bonds. The third-order valence-electron chi connectivity index (χ3n) is 2.93. The fourth-order valence-electron chi connectivity index (χ4n) is 1.78. The summed E-state index contributed by atoms with van der Waals surface area (Å²) in [5.41, 5.74) is 5.31. The Bertz CT molecular complexity index is 405. The van der Waals surface area contributed by atoms with Crippen LogP contribution in [-0.4, -0.2) is 23.2 Å². The van der Waals surface area contributed by atoms with Gasteiger partial charge in [0.25, 0.3) is 0 Å². The molecule has 0 aliphatic carbocycles. The first kappa shape index (κ1) is 14.4. The van der Waals surface area contributed by atoms with E-state index in [1.54, 1.807) is 13.0 Å². The highest BCUT2D eigenvalue weighted by Crippen LogP contribution is 2.30. The average molecular weight is 249 g/mol. The standard InChI is InChI=1S/C14H19NO3/c1-3-10-18-12(11-8-6-5-7-9-11)14(15,4-2)13(16)17/h3,5-9,12H,1,4,10,15H2,2H3,(H,16,17). The predicted molar refractivity (Wildman–Crippen MR) is 70.2 cm³/mol. The Morgan fingerprint density at radius 3 is 2.61 bits per heavy atom. The minimum atomic E-state index is -1.44. The molecule has 0 aliphatic heterocycles. The number of nitrogens with two attached hydrogens (primary N) is 1. The SMILES string of the molecule is C=CCOC(c1ccccc1)C(N)(CC)C(=O)O. The molecule has 98 valence electrons. The third-order valence-corrected chi connectivity index (χ3v) is 2.93. The van der Waals surface area contributed by atoms with E-state index in [0.29, 0.717) is 0 Å². The molecule has 0 saturated heterocycles. The number of carbonyl (C=O) groups is 1. The van der Waals surface area contributed by atoms with Gasteiger partial charge in [0.15, 0.2) is 0 Å². The quantitative estimate of drug-likeness (QED) is 0.726. The Morgan fingerprint density at radius 1 is 1.56 bits per heavy atom. The molecule has 0 bridgehead atoms. The normalized spacial score (nSPS) is 15.7. The molecule has 1 aromatic carbocycles. The van der Waals surface area contributed by atoms with Gasteiger partial charge in [-0.2, -0.15) is 0 Å². The molecule has 1 aromatic rings. The van der Waals surface area contributed by atoms with E-state index in [2.05, 4.69) is 6.58 Å². The monoisotopic (exact) mass is 249 g/mol. The smallest absolute Gasteiger partial charge is 0.326 e. The first-order chi connectivity index (χ1) is 8.56. The van der Waals surface area contributed by atoms with Gasteiger partial charge in [0, 0.05) is 0 Å². The minimum Gasteiger partial charge on any atom is -0.480 e. The first-order valence-corrected chi connectivity index (χ1v) is 5.86. The highest BCUT2D eigenvalue weighted by Gasteiger charge is 2.42. The molecule has 0 radical (unpaired) electrons. The van der Waals surface area contributed by atoms with Crippen molar-refractivity contribution in [2.75, 3.05) is 6.61 Å². The lowest BCUT2D eigenvalue weighted by Crippen LogP contribution is -2.53. The van der Waals surface area contributed by atoms with Crippen LogP contribution in [0.3, 0.4) is 0 Å². The van der Waals surface area contributed by atoms with Gasteiger partial charge in [-0.25, -0.2) is 0 Å². The lowest BCUT2D eigenvalue weighted by molar-refractivity contribution is -0.150. The van der Waals surface area contributed by atoms with E-state index in [1.165, 1.54) is 0 Å². The summed E-state index contributed by atoms with van der Waals surface area (Å²) in [5.74, 6) is -1.07. The molecule has 3 N–H and O–H groups in total. The van der Waals surface area contributed by atoms with E-state index < -0.39 is 17.6 Å².